The molecule has 0 aliphatic carbocycles. The molecule has 0 heterocycles. The maximum absolute atomic E-state index is 5.33. The first kappa shape index (κ1) is 15.4. The Morgan fingerprint density at radius 3 is 2.45 bits per heavy atom. The van der Waals surface area contributed by atoms with Crippen LogP contribution in [0.1, 0.15) is 5.56 Å². The predicted octanol–water partition coefficient (Wildman–Crippen LogP) is 5.29. The van der Waals surface area contributed by atoms with E-state index in [0.717, 1.165) is 15.8 Å². The van der Waals surface area contributed by atoms with Gasteiger partial charge in [0.25, 0.3) is 0 Å². The number of benzene rings is 2. The fraction of sp³-hybridized carbons (Fsp3) is 0.133. The molecule has 2 rings (SSSR count). The Morgan fingerprint density at radius 1 is 1.10 bits per heavy atom. The summed E-state index contributed by atoms with van der Waals surface area (Å²) in [4.78, 5) is 1.21. The summed E-state index contributed by atoms with van der Waals surface area (Å²) in [6, 6.07) is 14.2. The van der Waals surface area contributed by atoms with Gasteiger partial charge < -0.3 is 10.6 Å². The Labute approximate surface area is 137 Å². The first-order valence-electron chi connectivity index (χ1n) is 6.06. The number of nitrogens with one attached hydrogen (secondary N) is 2. The number of thiocarbonyl (C=S) groups is 1. The Bertz CT molecular complexity index is 629. The summed E-state index contributed by atoms with van der Waals surface area (Å²) in [5.74, 6) is 0. The van der Waals surface area contributed by atoms with Gasteiger partial charge in [-0.05, 0) is 67.4 Å². The summed E-state index contributed by atoms with van der Waals surface area (Å²) in [7, 11) is 0. The van der Waals surface area contributed by atoms with Gasteiger partial charge in [0.05, 0.1) is 0 Å². The molecule has 20 heavy (non-hydrogen) atoms. The minimum Gasteiger partial charge on any atom is -0.332 e. The second-order valence-corrected chi connectivity index (χ2v) is 6.42. The number of anilines is 2. The van der Waals surface area contributed by atoms with Crippen molar-refractivity contribution in [1.29, 1.82) is 0 Å². The quantitative estimate of drug-likeness (QED) is 0.569. The van der Waals surface area contributed by atoms with Crippen LogP contribution in [-0.2, 0) is 0 Å². The summed E-state index contributed by atoms with van der Waals surface area (Å²) < 4.78 is 1.09. The number of halogens is 1. The third-order valence-corrected chi connectivity index (χ3v) is 4.56. The summed E-state index contributed by atoms with van der Waals surface area (Å²) in [5.41, 5.74) is 3.13. The van der Waals surface area contributed by atoms with Crippen LogP contribution in [0.4, 0.5) is 11.4 Å². The van der Waals surface area contributed by atoms with Crippen molar-refractivity contribution in [2.45, 2.75) is 11.8 Å². The lowest BCUT2D eigenvalue weighted by atomic mass is 10.2. The summed E-state index contributed by atoms with van der Waals surface area (Å²) in [5, 5.41) is 6.97. The highest BCUT2D eigenvalue weighted by molar-refractivity contribution is 9.10. The van der Waals surface area contributed by atoms with Gasteiger partial charge >= 0.3 is 0 Å². The molecule has 2 aromatic carbocycles. The lowest BCUT2D eigenvalue weighted by Crippen LogP contribution is -2.19. The van der Waals surface area contributed by atoms with E-state index in [0.29, 0.717) is 5.11 Å². The normalized spacial score (nSPS) is 10.2. The number of hydrogen-bond donors (Lipinski definition) is 2. The molecular weight excluding hydrogens is 352 g/mol. The zero-order valence-corrected chi connectivity index (χ0v) is 14.5. The minimum atomic E-state index is 0.588. The molecule has 2 N–H and O–H groups in total. The molecule has 0 aliphatic heterocycles. The fourth-order valence-corrected chi connectivity index (χ4v) is 2.66. The molecule has 0 saturated heterocycles. The predicted molar refractivity (Wildman–Crippen MR) is 96.9 cm³/mol. The van der Waals surface area contributed by atoms with Crippen LogP contribution < -0.4 is 10.6 Å². The van der Waals surface area contributed by atoms with Crippen LogP contribution in [0.25, 0.3) is 0 Å². The summed E-state index contributed by atoms with van der Waals surface area (Å²) in [6.45, 7) is 2.05. The monoisotopic (exact) mass is 366 g/mol. The summed E-state index contributed by atoms with van der Waals surface area (Å²) >= 11 is 10.5. The summed E-state index contributed by atoms with van der Waals surface area (Å²) in [6.07, 6.45) is 2.06. The van der Waals surface area contributed by atoms with Crippen LogP contribution >= 0.6 is 39.9 Å². The van der Waals surface area contributed by atoms with Crippen molar-refractivity contribution in [3.63, 3.8) is 0 Å². The number of thioether (sulfide) groups is 1. The largest absolute Gasteiger partial charge is 0.332 e. The molecule has 0 saturated carbocycles. The third-order valence-electron chi connectivity index (χ3n) is 2.74. The molecule has 0 atom stereocenters. The maximum atomic E-state index is 5.33. The van der Waals surface area contributed by atoms with E-state index in [2.05, 4.69) is 51.0 Å². The molecule has 0 aliphatic rings. The molecular formula is C15H15BrN2S2. The topological polar surface area (TPSA) is 24.1 Å². The van der Waals surface area contributed by atoms with Crippen LogP contribution in [0.5, 0.6) is 0 Å². The van der Waals surface area contributed by atoms with Gasteiger partial charge in [-0.15, -0.1) is 11.8 Å². The van der Waals surface area contributed by atoms with Crippen LogP contribution in [0, 0.1) is 6.92 Å². The van der Waals surface area contributed by atoms with Crippen molar-refractivity contribution in [1.82, 2.24) is 0 Å². The van der Waals surface area contributed by atoms with Crippen molar-refractivity contribution in [2.24, 2.45) is 0 Å². The average Bonchev–Trinajstić information content (AvgIpc) is 2.43. The number of aryl methyl sites for hydroxylation is 1. The van der Waals surface area contributed by atoms with Gasteiger partial charge in [-0.2, -0.15) is 0 Å². The van der Waals surface area contributed by atoms with Crippen LogP contribution in [0.15, 0.2) is 51.8 Å². The molecule has 0 fully saturated rings. The van der Waals surface area contributed by atoms with Crippen LogP contribution in [0.3, 0.4) is 0 Å². The van der Waals surface area contributed by atoms with E-state index in [4.69, 9.17) is 12.2 Å². The Hall–Kier alpha value is -1.04. The highest BCUT2D eigenvalue weighted by atomic mass is 79.9. The zero-order valence-electron chi connectivity index (χ0n) is 11.2. The van der Waals surface area contributed by atoms with Crippen molar-refractivity contribution < 1.29 is 0 Å². The number of hydrogen-bond acceptors (Lipinski definition) is 2. The Kier molecular flexibility index (Phi) is 5.46. The average molecular weight is 367 g/mol. The molecule has 2 nitrogen and oxygen atoms in total. The fourth-order valence-electron chi connectivity index (χ4n) is 1.72. The second kappa shape index (κ2) is 7.11. The highest BCUT2D eigenvalue weighted by Gasteiger charge is 2.01. The van der Waals surface area contributed by atoms with E-state index in [1.165, 1.54) is 10.5 Å². The highest BCUT2D eigenvalue weighted by Crippen LogP contribution is 2.21. The number of rotatable bonds is 3. The standard InChI is InChI=1S/C15H15BrN2S2/c1-10-8-12(6-7-14(10)16)18-15(19)17-11-4-3-5-13(9-11)20-2/h3-9H,1-2H3,(H2,17,18,19). The van der Waals surface area contributed by atoms with Gasteiger partial charge in [0.15, 0.2) is 5.11 Å². The zero-order chi connectivity index (χ0) is 14.5. The van der Waals surface area contributed by atoms with E-state index in [-0.39, 0.29) is 0 Å². The smallest absolute Gasteiger partial charge is 0.175 e. The molecule has 0 spiro atoms. The van der Waals surface area contributed by atoms with Gasteiger partial charge in [0.1, 0.15) is 0 Å². The molecule has 0 aromatic heterocycles. The minimum absolute atomic E-state index is 0.588. The van der Waals surface area contributed by atoms with E-state index in [9.17, 15) is 0 Å². The Morgan fingerprint density at radius 2 is 1.80 bits per heavy atom. The molecule has 5 heteroatoms. The van der Waals surface area contributed by atoms with Crippen LogP contribution in [-0.4, -0.2) is 11.4 Å². The molecule has 0 radical (unpaired) electrons. The van der Waals surface area contributed by atoms with Crippen molar-refractivity contribution in [3.8, 4) is 0 Å². The maximum Gasteiger partial charge on any atom is 0.175 e. The molecule has 0 amide bonds. The lowest BCUT2D eigenvalue weighted by Gasteiger charge is -2.12. The first-order chi connectivity index (χ1) is 9.58. The van der Waals surface area contributed by atoms with E-state index >= 15 is 0 Å². The van der Waals surface area contributed by atoms with Gasteiger partial charge in [-0.3, -0.25) is 0 Å². The van der Waals surface area contributed by atoms with Crippen LogP contribution in [0.2, 0.25) is 0 Å². The van der Waals surface area contributed by atoms with Crippen molar-refractivity contribution >= 4 is 56.4 Å². The van der Waals surface area contributed by atoms with E-state index < -0.39 is 0 Å². The van der Waals surface area contributed by atoms with E-state index in [1.54, 1.807) is 11.8 Å². The van der Waals surface area contributed by atoms with Gasteiger partial charge in [0, 0.05) is 20.7 Å². The van der Waals surface area contributed by atoms with Crippen molar-refractivity contribution in [3.05, 3.63) is 52.5 Å². The molecule has 0 bridgehead atoms. The van der Waals surface area contributed by atoms with Gasteiger partial charge in [-0.25, -0.2) is 0 Å². The third kappa shape index (κ3) is 4.23. The van der Waals surface area contributed by atoms with Gasteiger partial charge in [-0.1, -0.05) is 22.0 Å². The van der Waals surface area contributed by atoms with Gasteiger partial charge in [0.2, 0.25) is 0 Å². The second-order valence-electron chi connectivity index (χ2n) is 4.28. The van der Waals surface area contributed by atoms with E-state index in [1.807, 2.05) is 31.2 Å². The Balaban J connectivity index is 2.03. The van der Waals surface area contributed by atoms with Crippen molar-refractivity contribution in [2.75, 3.05) is 16.9 Å². The molecule has 2 aromatic rings. The first-order valence-corrected chi connectivity index (χ1v) is 8.49. The lowest BCUT2D eigenvalue weighted by molar-refractivity contribution is 1.42. The molecule has 104 valence electrons. The molecule has 0 unspecified atom stereocenters. The SMILES string of the molecule is CSc1cccc(NC(=S)Nc2ccc(Br)c(C)c2)c1.